The molecule has 1 saturated heterocycles. The number of hydrogen-bond donors (Lipinski definition) is 0. The van der Waals surface area contributed by atoms with Gasteiger partial charge in [0.1, 0.15) is 5.82 Å². The number of rotatable bonds is 8. The van der Waals surface area contributed by atoms with E-state index in [1.165, 1.54) is 29.2 Å². The van der Waals surface area contributed by atoms with Gasteiger partial charge < -0.3 is 4.74 Å². The topological polar surface area (TPSA) is 93.6 Å². The van der Waals surface area contributed by atoms with Crippen molar-refractivity contribution in [2.75, 3.05) is 10.8 Å². The minimum Gasteiger partial charge on any atom is -0.450 e. The number of carbonyl (C=O) groups is 4. The number of ether oxygens (including phenoxy) is 1. The number of Topliss-reactive ketones (excluding diaryl/α,β-unsaturated/α-hetero) is 1. The van der Waals surface area contributed by atoms with Crippen molar-refractivity contribution < 1.29 is 28.3 Å². The number of aromatic nitrogens is 1. The molecule has 2 heterocycles. The number of imide groups is 1. The van der Waals surface area contributed by atoms with Crippen LogP contribution in [0.3, 0.4) is 0 Å². The second-order valence-corrected chi connectivity index (χ2v) is 12.8. The summed E-state index contributed by atoms with van der Waals surface area (Å²) in [6.07, 6.45) is 2.27. The molecule has 0 bridgehead atoms. The molecule has 3 unspecified atom stereocenters. The second kappa shape index (κ2) is 12.8. The molecule has 2 fully saturated rings. The predicted molar refractivity (Wildman–Crippen MR) is 173 cm³/mol. The first kappa shape index (κ1) is 31.0. The molecule has 6 rings (SSSR count). The third kappa shape index (κ3) is 6.03. The van der Waals surface area contributed by atoms with E-state index in [0.29, 0.717) is 27.8 Å². The first-order valence-corrected chi connectivity index (χ1v) is 16.1. The maximum absolute atomic E-state index is 13.8. The molecule has 3 aromatic carbocycles. The first-order chi connectivity index (χ1) is 21.7. The molecular weight excluding hydrogens is 663 g/mol. The quantitative estimate of drug-likeness (QED) is 0.0810. The van der Waals surface area contributed by atoms with E-state index < -0.39 is 23.7 Å². The number of nitrogens with zero attached hydrogens (tertiary/aromatic N) is 2. The van der Waals surface area contributed by atoms with Crippen LogP contribution in [0.2, 0.25) is 0 Å². The zero-order chi connectivity index (χ0) is 31.8. The van der Waals surface area contributed by atoms with Gasteiger partial charge in [-0.3, -0.25) is 19.3 Å². The molecule has 10 heteroatoms. The summed E-state index contributed by atoms with van der Waals surface area (Å²) in [6, 6.07) is 17.3. The number of ketones is 1. The SMILES string of the molecule is Cc1cc(Br)cc2c(C(=O)OC(CCCl)C(=O)c3ccc(F)cc3)cc(-c3ccc(N4C(=O)C5CCCCC5C4=O)cc3)nc12. The normalized spacial score (nSPS) is 18.6. The van der Waals surface area contributed by atoms with E-state index in [-0.39, 0.29) is 47.1 Å². The van der Waals surface area contributed by atoms with Gasteiger partial charge in [0, 0.05) is 33.3 Å². The van der Waals surface area contributed by atoms with Crippen LogP contribution >= 0.6 is 27.5 Å². The molecule has 7 nitrogen and oxygen atoms in total. The fourth-order valence-corrected chi connectivity index (χ4v) is 7.08. The highest BCUT2D eigenvalue weighted by atomic mass is 79.9. The summed E-state index contributed by atoms with van der Waals surface area (Å²) >= 11 is 9.47. The van der Waals surface area contributed by atoms with E-state index in [2.05, 4.69) is 15.9 Å². The van der Waals surface area contributed by atoms with E-state index in [0.717, 1.165) is 35.7 Å². The van der Waals surface area contributed by atoms with E-state index in [1.807, 2.05) is 13.0 Å². The van der Waals surface area contributed by atoms with Crippen molar-refractivity contribution in [2.45, 2.75) is 45.1 Å². The third-order valence-corrected chi connectivity index (χ3v) is 9.27. The number of pyridine rings is 1. The molecule has 2 aliphatic rings. The number of benzene rings is 3. The number of aryl methyl sites for hydroxylation is 1. The third-order valence-electron chi connectivity index (χ3n) is 8.59. The number of amides is 2. The van der Waals surface area contributed by atoms with Crippen molar-refractivity contribution in [3.63, 3.8) is 0 Å². The molecule has 4 aromatic rings. The Kier molecular flexibility index (Phi) is 8.84. The number of anilines is 1. The highest BCUT2D eigenvalue weighted by Gasteiger charge is 2.48. The maximum atomic E-state index is 13.8. The number of fused-ring (bicyclic) bond motifs is 2. The van der Waals surface area contributed by atoms with Crippen LogP contribution in [0.15, 0.2) is 71.2 Å². The molecule has 230 valence electrons. The average Bonchev–Trinajstić information content (AvgIpc) is 3.29. The highest BCUT2D eigenvalue weighted by molar-refractivity contribution is 9.10. The zero-order valence-corrected chi connectivity index (χ0v) is 26.7. The highest BCUT2D eigenvalue weighted by Crippen LogP contribution is 2.40. The summed E-state index contributed by atoms with van der Waals surface area (Å²) in [5.41, 5.74) is 3.41. The van der Waals surface area contributed by atoms with Crippen molar-refractivity contribution in [3.8, 4) is 11.3 Å². The van der Waals surface area contributed by atoms with Gasteiger partial charge in [-0.05, 0) is 79.9 Å². The van der Waals surface area contributed by atoms with Crippen LogP contribution in [0.1, 0.15) is 58.4 Å². The van der Waals surface area contributed by atoms with Crippen LogP contribution in [0, 0.1) is 24.6 Å². The van der Waals surface area contributed by atoms with Crippen LogP contribution in [0.25, 0.3) is 22.2 Å². The molecule has 0 radical (unpaired) electrons. The Hall–Kier alpha value is -3.95. The standard InChI is InChI=1S/C35H29BrClFN2O5/c1-19-16-22(36)17-27-28(35(44)45-30(14-15-37)32(41)21-6-10-23(38)11-7-21)18-29(39-31(19)27)20-8-12-24(13-9-20)40-33(42)25-4-2-3-5-26(25)34(40)43/h6-13,16-18,25-26,30H,2-5,14-15H2,1H3. The fourth-order valence-electron chi connectivity index (χ4n) is 6.31. The van der Waals surface area contributed by atoms with Crippen LogP contribution < -0.4 is 4.90 Å². The summed E-state index contributed by atoms with van der Waals surface area (Å²) in [5, 5.41) is 0.530. The number of alkyl halides is 1. The Balaban J connectivity index is 1.34. The maximum Gasteiger partial charge on any atom is 0.339 e. The van der Waals surface area contributed by atoms with Crippen molar-refractivity contribution in [2.24, 2.45) is 11.8 Å². The van der Waals surface area contributed by atoms with Gasteiger partial charge in [-0.15, -0.1) is 11.6 Å². The van der Waals surface area contributed by atoms with Crippen molar-refractivity contribution >= 4 is 67.7 Å². The smallest absolute Gasteiger partial charge is 0.339 e. The Labute approximate surface area is 272 Å². The number of carbonyl (C=O) groups excluding carboxylic acids is 4. The summed E-state index contributed by atoms with van der Waals surface area (Å²) in [4.78, 5) is 59.4. The van der Waals surface area contributed by atoms with E-state index in [1.54, 1.807) is 36.4 Å². The minimum atomic E-state index is -1.18. The van der Waals surface area contributed by atoms with Gasteiger partial charge in [-0.2, -0.15) is 0 Å². The molecule has 3 atom stereocenters. The van der Waals surface area contributed by atoms with Gasteiger partial charge >= 0.3 is 5.97 Å². The lowest BCUT2D eigenvalue weighted by Gasteiger charge is -2.19. The molecule has 1 aromatic heterocycles. The molecule has 0 spiro atoms. The first-order valence-electron chi connectivity index (χ1n) is 14.8. The average molecular weight is 692 g/mol. The summed E-state index contributed by atoms with van der Waals surface area (Å²) < 4.78 is 20.0. The van der Waals surface area contributed by atoms with Crippen LogP contribution in [-0.4, -0.2) is 40.5 Å². The Morgan fingerprint density at radius 1 is 1.00 bits per heavy atom. The molecule has 1 aliphatic carbocycles. The lowest BCUT2D eigenvalue weighted by molar-refractivity contribution is -0.122. The lowest BCUT2D eigenvalue weighted by atomic mass is 9.81. The molecule has 1 saturated carbocycles. The summed E-state index contributed by atoms with van der Waals surface area (Å²) in [6.45, 7) is 1.88. The van der Waals surface area contributed by atoms with Crippen molar-refractivity contribution in [1.29, 1.82) is 0 Å². The van der Waals surface area contributed by atoms with Crippen LogP contribution in [-0.2, 0) is 14.3 Å². The zero-order valence-electron chi connectivity index (χ0n) is 24.4. The van der Waals surface area contributed by atoms with Gasteiger partial charge in [-0.1, -0.05) is 40.9 Å². The Morgan fingerprint density at radius 2 is 1.64 bits per heavy atom. The van der Waals surface area contributed by atoms with Crippen molar-refractivity contribution in [3.05, 3.63) is 93.7 Å². The van der Waals surface area contributed by atoms with Gasteiger partial charge in [0.2, 0.25) is 17.6 Å². The molecule has 45 heavy (non-hydrogen) atoms. The van der Waals surface area contributed by atoms with Crippen molar-refractivity contribution in [1.82, 2.24) is 4.98 Å². The largest absolute Gasteiger partial charge is 0.450 e. The van der Waals surface area contributed by atoms with Gasteiger partial charge in [-0.25, -0.2) is 14.2 Å². The van der Waals surface area contributed by atoms with E-state index >= 15 is 0 Å². The van der Waals surface area contributed by atoms with Crippen LogP contribution in [0.5, 0.6) is 0 Å². The lowest BCUT2D eigenvalue weighted by Crippen LogP contribution is -2.30. The monoisotopic (exact) mass is 690 g/mol. The molecule has 2 amide bonds. The Morgan fingerprint density at radius 3 is 2.27 bits per heavy atom. The van der Waals surface area contributed by atoms with Gasteiger partial charge in [0.05, 0.1) is 34.3 Å². The fraction of sp³-hybridized carbons (Fsp3) is 0.286. The minimum absolute atomic E-state index is 0.0632. The second-order valence-electron chi connectivity index (χ2n) is 11.5. The van der Waals surface area contributed by atoms with Gasteiger partial charge in [0.25, 0.3) is 0 Å². The van der Waals surface area contributed by atoms with Crippen LogP contribution in [0.4, 0.5) is 10.1 Å². The molecular formula is C35H29BrClFN2O5. The number of hydrogen-bond acceptors (Lipinski definition) is 6. The Bertz CT molecular complexity index is 1810. The van der Waals surface area contributed by atoms with E-state index in [4.69, 9.17) is 21.3 Å². The molecule has 1 aliphatic heterocycles. The van der Waals surface area contributed by atoms with E-state index in [9.17, 15) is 23.6 Å². The number of esters is 1. The van der Waals surface area contributed by atoms with Gasteiger partial charge in [0.15, 0.2) is 6.10 Å². The predicted octanol–water partition coefficient (Wildman–Crippen LogP) is 7.83. The summed E-state index contributed by atoms with van der Waals surface area (Å²) in [5.74, 6) is -2.43. The molecule has 0 N–H and O–H groups in total. The summed E-state index contributed by atoms with van der Waals surface area (Å²) in [7, 11) is 0. The number of halogens is 3.